The van der Waals surface area contributed by atoms with E-state index >= 15 is 0 Å². The van der Waals surface area contributed by atoms with Crippen molar-refractivity contribution < 1.29 is 9.53 Å². The molecule has 2 N–H and O–H groups in total. The molecule has 1 aromatic carbocycles. The molecule has 1 aromatic heterocycles. The van der Waals surface area contributed by atoms with Crippen molar-refractivity contribution in [2.24, 2.45) is 0 Å². The summed E-state index contributed by atoms with van der Waals surface area (Å²) in [7, 11) is 0. The van der Waals surface area contributed by atoms with Crippen molar-refractivity contribution in [3.05, 3.63) is 41.6 Å². The molecule has 0 aliphatic carbocycles. The molecule has 3 rings (SSSR count). The van der Waals surface area contributed by atoms with E-state index in [0.717, 1.165) is 16.9 Å². The number of hydrogen-bond donors (Lipinski definition) is 2. The van der Waals surface area contributed by atoms with E-state index in [1.807, 2.05) is 38.1 Å². The predicted octanol–water partition coefficient (Wildman–Crippen LogP) is 2.67. The van der Waals surface area contributed by atoms with Gasteiger partial charge in [-0.15, -0.1) is 0 Å². The molecule has 2 aromatic rings. The molecule has 0 spiro atoms. The lowest BCUT2D eigenvalue weighted by Crippen LogP contribution is -2.23. The van der Waals surface area contributed by atoms with Crippen molar-refractivity contribution >= 4 is 11.7 Å². The van der Waals surface area contributed by atoms with Crippen molar-refractivity contribution in [1.82, 2.24) is 10.2 Å². The quantitative estimate of drug-likeness (QED) is 0.902. The third-order valence-corrected chi connectivity index (χ3v) is 3.36. The molecular formula is C15H17N3O2. The van der Waals surface area contributed by atoms with Crippen LogP contribution in [0.4, 0.5) is 5.82 Å². The number of anilines is 1. The minimum atomic E-state index is -0.0209. The Hall–Kier alpha value is -2.30. The number of para-hydroxylation sites is 1. The number of aromatic nitrogens is 2. The van der Waals surface area contributed by atoms with Gasteiger partial charge in [0.1, 0.15) is 11.6 Å². The molecule has 5 heteroatoms. The van der Waals surface area contributed by atoms with Gasteiger partial charge >= 0.3 is 0 Å². The van der Waals surface area contributed by atoms with Gasteiger partial charge in [-0.05, 0) is 19.9 Å². The number of benzene rings is 1. The van der Waals surface area contributed by atoms with Crippen LogP contribution in [0.2, 0.25) is 0 Å². The first-order valence-corrected chi connectivity index (χ1v) is 6.74. The number of ether oxygens (including phenoxy) is 1. The van der Waals surface area contributed by atoms with Crippen LogP contribution in [0.15, 0.2) is 30.5 Å². The van der Waals surface area contributed by atoms with Crippen LogP contribution in [-0.2, 0) is 4.79 Å². The second-order valence-electron chi connectivity index (χ2n) is 5.21. The maximum absolute atomic E-state index is 11.8. The summed E-state index contributed by atoms with van der Waals surface area (Å²) in [4.78, 5) is 11.8. The molecule has 1 atom stereocenters. The number of nitrogens with one attached hydrogen (secondary N) is 2. The summed E-state index contributed by atoms with van der Waals surface area (Å²) < 4.78 is 5.86. The van der Waals surface area contributed by atoms with E-state index in [2.05, 4.69) is 15.5 Å². The maximum atomic E-state index is 11.8. The number of carbonyl (C=O) groups is 1. The number of nitrogens with zero attached hydrogens (tertiary/aromatic N) is 1. The van der Waals surface area contributed by atoms with E-state index in [0.29, 0.717) is 12.2 Å². The largest absolute Gasteiger partial charge is 0.491 e. The molecular weight excluding hydrogens is 254 g/mol. The molecule has 1 aliphatic heterocycles. The standard InChI is InChI=1S/C15H17N3O2/c1-9(2)20-13-6-4-3-5-10(13)11-7-14(19)17-15-12(11)8-16-18-15/h3-6,8-9,11H,7H2,1-2H3,(H2,16,17,18,19)/t11-/m1/s1. The van der Waals surface area contributed by atoms with Gasteiger partial charge in [0.25, 0.3) is 0 Å². The minimum absolute atomic E-state index is 0.00824. The summed E-state index contributed by atoms with van der Waals surface area (Å²) >= 11 is 0. The van der Waals surface area contributed by atoms with Gasteiger partial charge in [-0.2, -0.15) is 5.10 Å². The zero-order valence-corrected chi connectivity index (χ0v) is 11.5. The van der Waals surface area contributed by atoms with Crippen molar-refractivity contribution in [1.29, 1.82) is 0 Å². The summed E-state index contributed by atoms with van der Waals surface area (Å²) in [5, 5.41) is 9.65. The Kier molecular flexibility index (Phi) is 3.18. The van der Waals surface area contributed by atoms with Crippen LogP contribution < -0.4 is 10.1 Å². The first-order valence-electron chi connectivity index (χ1n) is 6.74. The highest BCUT2D eigenvalue weighted by Crippen LogP contribution is 2.39. The number of aromatic amines is 1. The Morgan fingerprint density at radius 2 is 2.10 bits per heavy atom. The average molecular weight is 271 g/mol. The fourth-order valence-corrected chi connectivity index (χ4v) is 2.55. The summed E-state index contributed by atoms with van der Waals surface area (Å²) in [5.41, 5.74) is 2.03. The van der Waals surface area contributed by atoms with E-state index in [4.69, 9.17) is 4.74 Å². The molecule has 1 amide bonds. The Labute approximate surface area is 117 Å². The summed E-state index contributed by atoms with van der Waals surface area (Å²) in [6, 6.07) is 7.87. The van der Waals surface area contributed by atoms with Gasteiger partial charge in [0.15, 0.2) is 0 Å². The normalized spacial score (nSPS) is 17.8. The Balaban J connectivity index is 2.04. The van der Waals surface area contributed by atoms with E-state index < -0.39 is 0 Å². The van der Waals surface area contributed by atoms with Crippen molar-refractivity contribution in [3.63, 3.8) is 0 Å². The second-order valence-corrected chi connectivity index (χ2v) is 5.21. The van der Waals surface area contributed by atoms with Gasteiger partial charge in [0.2, 0.25) is 5.91 Å². The van der Waals surface area contributed by atoms with Gasteiger partial charge in [-0.1, -0.05) is 18.2 Å². The lowest BCUT2D eigenvalue weighted by atomic mass is 9.87. The summed E-state index contributed by atoms with van der Waals surface area (Å²) in [6.45, 7) is 3.99. The number of fused-ring (bicyclic) bond motifs is 1. The number of amides is 1. The van der Waals surface area contributed by atoms with Gasteiger partial charge in [-0.3, -0.25) is 9.89 Å². The van der Waals surface area contributed by atoms with Crippen molar-refractivity contribution in [2.75, 3.05) is 5.32 Å². The third-order valence-electron chi connectivity index (χ3n) is 3.36. The summed E-state index contributed by atoms with van der Waals surface area (Å²) in [6.07, 6.45) is 2.27. The Bertz CT molecular complexity index is 634. The number of rotatable bonds is 3. The minimum Gasteiger partial charge on any atom is -0.491 e. The van der Waals surface area contributed by atoms with E-state index in [-0.39, 0.29) is 17.9 Å². The maximum Gasteiger partial charge on any atom is 0.226 e. The highest BCUT2D eigenvalue weighted by molar-refractivity contribution is 5.94. The fraction of sp³-hybridized carbons (Fsp3) is 0.333. The van der Waals surface area contributed by atoms with Crippen LogP contribution in [0, 0.1) is 0 Å². The third kappa shape index (κ3) is 2.27. The van der Waals surface area contributed by atoms with Crippen LogP contribution >= 0.6 is 0 Å². The topological polar surface area (TPSA) is 67.0 Å². The molecule has 0 fully saturated rings. The number of carbonyl (C=O) groups excluding carboxylic acids is 1. The zero-order valence-electron chi connectivity index (χ0n) is 11.5. The van der Waals surface area contributed by atoms with E-state index in [1.165, 1.54) is 0 Å². The molecule has 20 heavy (non-hydrogen) atoms. The van der Waals surface area contributed by atoms with Crippen LogP contribution in [0.25, 0.3) is 0 Å². The van der Waals surface area contributed by atoms with Crippen LogP contribution in [0.3, 0.4) is 0 Å². The highest BCUT2D eigenvalue weighted by atomic mass is 16.5. The second kappa shape index (κ2) is 5.00. The zero-order chi connectivity index (χ0) is 14.1. The molecule has 0 saturated heterocycles. The molecule has 2 heterocycles. The molecule has 0 saturated carbocycles. The van der Waals surface area contributed by atoms with Gasteiger partial charge in [0.05, 0.1) is 12.3 Å². The van der Waals surface area contributed by atoms with Crippen molar-refractivity contribution in [2.45, 2.75) is 32.3 Å². The molecule has 1 aliphatic rings. The highest BCUT2D eigenvalue weighted by Gasteiger charge is 2.30. The molecule has 0 unspecified atom stereocenters. The Morgan fingerprint density at radius 3 is 2.90 bits per heavy atom. The van der Waals surface area contributed by atoms with Gasteiger partial charge < -0.3 is 10.1 Å². The van der Waals surface area contributed by atoms with Crippen LogP contribution in [0.5, 0.6) is 5.75 Å². The number of H-pyrrole nitrogens is 1. The SMILES string of the molecule is CC(C)Oc1ccccc1[C@H]1CC(=O)Nc2[nH]ncc21. The van der Waals surface area contributed by atoms with E-state index in [1.54, 1.807) is 6.20 Å². The fourth-order valence-electron chi connectivity index (χ4n) is 2.55. The molecule has 0 bridgehead atoms. The molecule has 0 radical (unpaired) electrons. The predicted molar refractivity (Wildman–Crippen MR) is 75.9 cm³/mol. The van der Waals surface area contributed by atoms with Gasteiger partial charge in [-0.25, -0.2) is 0 Å². The first kappa shape index (κ1) is 12.7. The Morgan fingerprint density at radius 1 is 1.30 bits per heavy atom. The molecule has 5 nitrogen and oxygen atoms in total. The lowest BCUT2D eigenvalue weighted by Gasteiger charge is -2.24. The lowest BCUT2D eigenvalue weighted by molar-refractivity contribution is -0.116. The van der Waals surface area contributed by atoms with Gasteiger partial charge in [0, 0.05) is 23.5 Å². The monoisotopic (exact) mass is 271 g/mol. The van der Waals surface area contributed by atoms with E-state index in [9.17, 15) is 4.79 Å². The van der Waals surface area contributed by atoms with Crippen LogP contribution in [-0.4, -0.2) is 22.2 Å². The molecule has 104 valence electrons. The number of hydrogen-bond acceptors (Lipinski definition) is 3. The smallest absolute Gasteiger partial charge is 0.226 e. The summed E-state index contributed by atoms with van der Waals surface area (Å²) in [5.74, 6) is 1.48. The van der Waals surface area contributed by atoms with Crippen molar-refractivity contribution in [3.8, 4) is 5.75 Å². The van der Waals surface area contributed by atoms with Crippen LogP contribution in [0.1, 0.15) is 37.3 Å². The average Bonchev–Trinajstić information content (AvgIpc) is 2.86. The first-order chi connectivity index (χ1) is 9.65.